The molecule has 0 aromatic heterocycles. The van der Waals surface area contributed by atoms with Crippen LogP contribution in [0.25, 0.3) is 0 Å². The third kappa shape index (κ3) is 1.78. The first-order valence-corrected chi connectivity index (χ1v) is 6.17. The van der Waals surface area contributed by atoms with Gasteiger partial charge in [-0.2, -0.15) is 5.26 Å². The highest BCUT2D eigenvalue weighted by molar-refractivity contribution is 9.10. The molecule has 0 bridgehead atoms. The molecule has 1 aliphatic rings. The predicted molar refractivity (Wildman–Crippen MR) is 66.0 cm³/mol. The van der Waals surface area contributed by atoms with Crippen LogP contribution in [0.5, 0.6) is 0 Å². The van der Waals surface area contributed by atoms with Crippen molar-refractivity contribution in [3.8, 4) is 6.07 Å². The Kier molecular flexibility index (Phi) is 3.01. The summed E-state index contributed by atoms with van der Waals surface area (Å²) in [4.78, 5) is 0. The van der Waals surface area contributed by atoms with Crippen LogP contribution >= 0.6 is 15.9 Å². The van der Waals surface area contributed by atoms with Crippen LogP contribution in [0.1, 0.15) is 19.4 Å². The van der Waals surface area contributed by atoms with E-state index in [-0.39, 0.29) is 5.82 Å². The number of nitriles is 1. The van der Waals surface area contributed by atoms with Gasteiger partial charge in [0.2, 0.25) is 0 Å². The van der Waals surface area contributed by atoms with Gasteiger partial charge in [0.1, 0.15) is 5.82 Å². The molecule has 1 fully saturated rings. The van der Waals surface area contributed by atoms with Gasteiger partial charge in [0.05, 0.1) is 30.1 Å². The summed E-state index contributed by atoms with van der Waals surface area (Å²) in [7, 11) is 0. The highest BCUT2D eigenvalue weighted by Gasteiger charge is 2.54. The lowest BCUT2D eigenvalue weighted by Crippen LogP contribution is -2.56. The van der Waals surface area contributed by atoms with Crippen LogP contribution in [-0.2, 0) is 10.2 Å². The molecule has 0 saturated carbocycles. The minimum Gasteiger partial charge on any atom is -0.379 e. The fourth-order valence-corrected chi connectivity index (χ4v) is 2.49. The van der Waals surface area contributed by atoms with E-state index in [1.165, 1.54) is 6.07 Å². The summed E-state index contributed by atoms with van der Waals surface area (Å²) in [5.74, 6) is -0.278. The van der Waals surface area contributed by atoms with Crippen molar-refractivity contribution >= 4 is 15.9 Å². The normalized spacial score (nSPS) is 18.3. The first-order valence-electron chi connectivity index (χ1n) is 5.37. The molecule has 0 amide bonds. The molecular formula is C13H13BrFNO. The fourth-order valence-electron chi connectivity index (χ4n) is 2.13. The molecule has 4 heteroatoms. The maximum Gasteiger partial charge on any atom is 0.127 e. The molecule has 1 aromatic carbocycles. The van der Waals surface area contributed by atoms with Crippen molar-refractivity contribution in [1.82, 2.24) is 0 Å². The zero-order chi connectivity index (χ0) is 12.7. The van der Waals surface area contributed by atoms with Crippen LogP contribution in [0.15, 0.2) is 22.7 Å². The number of nitrogens with zero attached hydrogens (tertiary/aromatic N) is 1. The third-order valence-corrected chi connectivity index (χ3v) is 4.11. The zero-order valence-corrected chi connectivity index (χ0v) is 11.3. The molecule has 0 spiro atoms. The second kappa shape index (κ2) is 4.08. The summed E-state index contributed by atoms with van der Waals surface area (Å²) >= 11 is 3.34. The topological polar surface area (TPSA) is 33.0 Å². The molecule has 0 radical (unpaired) electrons. The summed E-state index contributed by atoms with van der Waals surface area (Å²) in [6, 6.07) is 7.10. The number of ether oxygens (including phenoxy) is 1. The van der Waals surface area contributed by atoms with Gasteiger partial charge in [-0.3, -0.25) is 0 Å². The number of rotatable bonds is 2. The maximum atomic E-state index is 14.0. The lowest BCUT2D eigenvalue weighted by Gasteiger charge is -2.49. The second-order valence-corrected chi connectivity index (χ2v) is 5.85. The van der Waals surface area contributed by atoms with Crippen LogP contribution in [-0.4, -0.2) is 13.2 Å². The largest absolute Gasteiger partial charge is 0.379 e. The number of hydrogen-bond donors (Lipinski definition) is 0. The van der Waals surface area contributed by atoms with Crippen molar-refractivity contribution in [2.24, 2.45) is 5.41 Å². The fraction of sp³-hybridized carbons (Fsp3) is 0.462. The van der Waals surface area contributed by atoms with Crippen molar-refractivity contribution in [1.29, 1.82) is 5.26 Å². The van der Waals surface area contributed by atoms with E-state index in [1.54, 1.807) is 12.1 Å². The molecule has 0 atom stereocenters. The molecule has 0 N–H and O–H groups in total. The second-order valence-electron chi connectivity index (χ2n) is 4.94. The Morgan fingerprint density at radius 1 is 1.47 bits per heavy atom. The van der Waals surface area contributed by atoms with Gasteiger partial charge in [-0.1, -0.05) is 15.9 Å². The Hall–Kier alpha value is -0.920. The minimum absolute atomic E-state index is 0.278. The molecule has 1 heterocycles. The molecule has 1 aromatic rings. The molecule has 0 aliphatic carbocycles. The highest BCUT2D eigenvalue weighted by Crippen LogP contribution is 2.48. The van der Waals surface area contributed by atoms with Crippen LogP contribution in [0.4, 0.5) is 4.39 Å². The van der Waals surface area contributed by atoms with Gasteiger partial charge in [-0.05, 0) is 32.0 Å². The Balaban J connectivity index is 2.57. The summed E-state index contributed by atoms with van der Waals surface area (Å²) < 4.78 is 20.0. The van der Waals surface area contributed by atoms with E-state index in [4.69, 9.17) is 4.74 Å². The Morgan fingerprint density at radius 2 is 2.12 bits per heavy atom. The van der Waals surface area contributed by atoms with E-state index in [0.29, 0.717) is 18.8 Å². The number of hydrogen-bond acceptors (Lipinski definition) is 2. The van der Waals surface area contributed by atoms with Gasteiger partial charge in [0, 0.05) is 10.0 Å². The van der Waals surface area contributed by atoms with Crippen molar-refractivity contribution in [3.05, 3.63) is 34.1 Å². The quantitative estimate of drug-likeness (QED) is 0.838. The minimum atomic E-state index is -0.660. The molecule has 17 heavy (non-hydrogen) atoms. The summed E-state index contributed by atoms with van der Waals surface area (Å²) in [6.45, 7) is 4.44. The maximum absolute atomic E-state index is 14.0. The van der Waals surface area contributed by atoms with Crippen LogP contribution in [0.2, 0.25) is 0 Å². The van der Waals surface area contributed by atoms with E-state index in [2.05, 4.69) is 22.0 Å². The molecule has 2 rings (SSSR count). The summed E-state index contributed by atoms with van der Waals surface area (Å²) in [6.07, 6.45) is 0. The average molecular weight is 298 g/mol. The molecule has 90 valence electrons. The predicted octanol–water partition coefficient (Wildman–Crippen LogP) is 3.41. The van der Waals surface area contributed by atoms with Crippen LogP contribution in [0, 0.1) is 22.6 Å². The Morgan fingerprint density at radius 3 is 2.59 bits per heavy atom. The smallest absolute Gasteiger partial charge is 0.127 e. The van der Waals surface area contributed by atoms with Gasteiger partial charge in [-0.15, -0.1) is 0 Å². The van der Waals surface area contributed by atoms with Gasteiger partial charge >= 0.3 is 0 Å². The van der Waals surface area contributed by atoms with Crippen molar-refractivity contribution in [2.45, 2.75) is 19.3 Å². The van der Waals surface area contributed by atoms with Gasteiger partial charge in [0.15, 0.2) is 0 Å². The summed E-state index contributed by atoms with van der Waals surface area (Å²) in [5.41, 5.74) is -0.646. The first kappa shape index (κ1) is 12.5. The third-order valence-electron chi connectivity index (χ3n) is 3.62. The highest BCUT2D eigenvalue weighted by atomic mass is 79.9. The van der Waals surface area contributed by atoms with Gasteiger partial charge in [0.25, 0.3) is 0 Å². The number of halogens is 2. The average Bonchev–Trinajstić information content (AvgIpc) is 2.21. The van der Waals surface area contributed by atoms with E-state index in [9.17, 15) is 9.65 Å². The Bertz CT molecular complexity index is 489. The standard InChI is InChI=1S/C13H13BrFNO/c1-12(2,6-16)13(7-17-8-13)10-5-9(14)3-4-11(10)15/h3-5H,7-8H2,1-2H3. The molecular weight excluding hydrogens is 285 g/mol. The lowest BCUT2D eigenvalue weighted by atomic mass is 9.61. The summed E-state index contributed by atoms with van der Waals surface area (Å²) in [5, 5.41) is 9.28. The van der Waals surface area contributed by atoms with Crippen LogP contribution in [0.3, 0.4) is 0 Å². The Labute approximate surface area is 109 Å². The lowest BCUT2D eigenvalue weighted by molar-refractivity contribution is -0.104. The van der Waals surface area contributed by atoms with Crippen LogP contribution < -0.4 is 0 Å². The van der Waals surface area contributed by atoms with E-state index < -0.39 is 10.8 Å². The molecule has 0 unspecified atom stereocenters. The molecule has 2 nitrogen and oxygen atoms in total. The van der Waals surface area contributed by atoms with E-state index in [0.717, 1.165) is 4.47 Å². The van der Waals surface area contributed by atoms with Gasteiger partial charge < -0.3 is 4.74 Å². The first-order chi connectivity index (χ1) is 7.93. The van der Waals surface area contributed by atoms with Crippen molar-refractivity contribution in [3.63, 3.8) is 0 Å². The molecule has 1 saturated heterocycles. The van der Waals surface area contributed by atoms with E-state index >= 15 is 0 Å². The van der Waals surface area contributed by atoms with Crippen molar-refractivity contribution < 1.29 is 9.13 Å². The molecule has 1 aliphatic heterocycles. The number of benzene rings is 1. The SMILES string of the molecule is CC(C)(C#N)C1(c2cc(Br)ccc2F)COC1. The zero-order valence-electron chi connectivity index (χ0n) is 9.76. The van der Waals surface area contributed by atoms with Gasteiger partial charge in [-0.25, -0.2) is 4.39 Å². The van der Waals surface area contributed by atoms with E-state index in [1.807, 2.05) is 13.8 Å². The monoisotopic (exact) mass is 297 g/mol. The van der Waals surface area contributed by atoms with Crippen molar-refractivity contribution in [2.75, 3.05) is 13.2 Å².